The Hall–Kier alpha value is 0.0769. The van der Waals surface area contributed by atoms with E-state index >= 15 is 0 Å². The monoisotopic (exact) mass is 250 g/mol. The van der Waals surface area contributed by atoms with E-state index in [1.807, 2.05) is 0 Å². The molecule has 0 saturated heterocycles. The molecular weight excluding hydrogens is 222 g/mol. The van der Waals surface area contributed by atoms with E-state index in [9.17, 15) is 8.22 Å². The fourth-order valence-electron chi connectivity index (χ4n) is 1.92. The van der Waals surface area contributed by atoms with Crippen molar-refractivity contribution in [3.05, 3.63) is 0 Å². The summed E-state index contributed by atoms with van der Waals surface area (Å²) in [6, 6.07) is 0.198. The lowest BCUT2D eigenvalue weighted by molar-refractivity contribution is 0.549. The minimum atomic E-state index is -3.75. The van der Waals surface area contributed by atoms with Crippen LogP contribution in [0.25, 0.3) is 0 Å². The molecule has 16 heavy (non-hydrogen) atoms. The third-order valence-corrected chi connectivity index (χ3v) is 4.20. The quantitative estimate of drug-likeness (QED) is 0.243. The van der Waals surface area contributed by atoms with Gasteiger partial charge in [-0.2, -0.15) is 0 Å². The Kier molecular flexibility index (Phi) is 10.3. The molecule has 0 aromatic carbocycles. The average Bonchev–Trinajstić information content (AvgIpc) is 2.19. The first-order valence-corrected chi connectivity index (χ1v) is 9.40. The molecule has 0 radical (unpaired) electrons. The van der Waals surface area contributed by atoms with E-state index in [-0.39, 0.29) is 6.04 Å². The van der Waals surface area contributed by atoms with Crippen LogP contribution < -0.4 is 0 Å². The lowest BCUT2D eigenvalue weighted by atomic mass is 10.1. The number of unbranched alkanes of at least 4 members (excludes halogenated alkanes) is 9. The van der Waals surface area contributed by atoms with Gasteiger partial charge in [-0.25, -0.2) is 0 Å². The molecule has 0 saturated carbocycles. The fourth-order valence-corrected chi connectivity index (χ4v) is 2.79. The molecule has 0 aliphatic rings. The van der Waals surface area contributed by atoms with E-state index < -0.39 is 8.74 Å². The van der Waals surface area contributed by atoms with Crippen LogP contribution in [-0.4, -0.2) is 8.74 Å². The van der Waals surface area contributed by atoms with Gasteiger partial charge in [-0.15, -0.1) is 0 Å². The maximum Gasteiger partial charge on any atom is 0.422 e. The van der Waals surface area contributed by atoms with Gasteiger partial charge in [0.25, 0.3) is 0 Å². The maximum atomic E-state index is 12.6. The smallest absolute Gasteiger partial charge is 0.271 e. The number of rotatable bonds is 11. The zero-order chi connectivity index (χ0) is 12.3. The SMILES string of the molecule is CCCCCCCCCCCC[Si](C)(F)F. The van der Waals surface area contributed by atoms with Crippen LogP contribution in [0.3, 0.4) is 0 Å². The summed E-state index contributed by atoms with van der Waals surface area (Å²) in [4.78, 5) is 0. The second-order valence-electron chi connectivity index (χ2n) is 5.00. The molecule has 0 heterocycles. The summed E-state index contributed by atoms with van der Waals surface area (Å²) in [6.07, 6.45) is 12.1. The lowest BCUT2D eigenvalue weighted by Crippen LogP contribution is -2.15. The van der Waals surface area contributed by atoms with E-state index in [4.69, 9.17) is 0 Å². The summed E-state index contributed by atoms with van der Waals surface area (Å²) in [6.45, 7) is 3.38. The number of halogens is 2. The molecule has 0 bridgehead atoms. The molecule has 0 atom stereocenters. The van der Waals surface area contributed by atoms with Gasteiger partial charge in [-0.1, -0.05) is 71.1 Å². The molecule has 0 nitrogen and oxygen atoms in total. The molecule has 0 N–H and O–H groups in total. The zero-order valence-corrected chi connectivity index (χ0v) is 12.0. The third-order valence-electron chi connectivity index (χ3n) is 2.97. The highest BCUT2D eigenvalue weighted by molar-refractivity contribution is 6.64. The van der Waals surface area contributed by atoms with E-state index in [0.717, 1.165) is 25.8 Å². The van der Waals surface area contributed by atoms with Crippen LogP contribution >= 0.6 is 0 Å². The van der Waals surface area contributed by atoms with Gasteiger partial charge in [0.2, 0.25) is 0 Å². The Morgan fingerprint density at radius 3 is 1.44 bits per heavy atom. The molecule has 0 aromatic rings. The Morgan fingerprint density at radius 1 is 0.688 bits per heavy atom. The first kappa shape index (κ1) is 16.1. The van der Waals surface area contributed by atoms with Crippen molar-refractivity contribution < 1.29 is 8.22 Å². The first-order valence-electron chi connectivity index (χ1n) is 6.94. The molecule has 98 valence electrons. The Bertz CT molecular complexity index is 143. The van der Waals surface area contributed by atoms with Gasteiger partial charge in [-0.05, 0) is 12.6 Å². The van der Waals surface area contributed by atoms with Crippen LogP contribution in [0.4, 0.5) is 8.22 Å². The van der Waals surface area contributed by atoms with E-state index in [1.54, 1.807) is 0 Å². The number of hydrogen-bond acceptors (Lipinski definition) is 0. The van der Waals surface area contributed by atoms with Crippen molar-refractivity contribution >= 4 is 8.74 Å². The normalized spacial score (nSPS) is 12.0. The summed E-state index contributed by atoms with van der Waals surface area (Å²) in [7, 11) is -3.75. The predicted octanol–water partition coefficient (Wildman–Crippen LogP) is 5.92. The second-order valence-corrected chi connectivity index (χ2v) is 7.64. The van der Waals surface area contributed by atoms with E-state index in [1.165, 1.54) is 44.9 Å². The Balaban J connectivity index is 2.99. The molecule has 0 amide bonds. The van der Waals surface area contributed by atoms with Crippen LogP contribution in [-0.2, 0) is 0 Å². The van der Waals surface area contributed by atoms with Crippen molar-refractivity contribution in [3.63, 3.8) is 0 Å². The Labute approximate surface area is 101 Å². The second kappa shape index (κ2) is 10.2. The van der Waals surface area contributed by atoms with Gasteiger partial charge in [0.1, 0.15) is 0 Å². The first-order chi connectivity index (χ1) is 7.56. The average molecular weight is 250 g/mol. The molecule has 0 rings (SSSR count). The topological polar surface area (TPSA) is 0 Å². The number of hydrogen-bond donors (Lipinski definition) is 0. The van der Waals surface area contributed by atoms with E-state index in [2.05, 4.69) is 6.92 Å². The van der Waals surface area contributed by atoms with Gasteiger partial charge in [-0.3, -0.25) is 8.22 Å². The highest BCUT2D eigenvalue weighted by Crippen LogP contribution is 2.18. The van der Waals surface area contributed by atoms with Crippen molar-refractivity contribution in [2.24, 2.45) is 0 Å². The van der Waals surface area contributed by atoms with Gasteiger partial charge in [0.05, 0.1) is 0 Å². The predicted molar refractivity (Wildman–Crippen MR) is 70.5 cm³/mol. The van der Waals surface area contributed by atoms with Crippen LogP contribution in [0.5, 0.6) is 0 Å². The summed E-state index contributed by atoms with van der Waals surface area (Å²) >= 11 is 0. The van der Waals surface area contributed by atoms with E-state index in [0.29, 0.717) is 0 Å². The van der Waals surface area contributed by atoms with Crippen molar-refractivity contribution in [2.75, 3.05) is 0 Å². The molecule has 0 aromatic heterocycles. The summed E-state index contributed by atoms with van der Waals surface area (Å²) < 4.78 is 25.2. The molecule has 0 aliphatic carbocycles. The summed E-state index contributed by atoms with van der Waals surface area (Å²) in [5, 5.41) is 0. The lowest BCUT2D eigenvalue weighted by Gasteiger charge is -2.06. The maximum absolute atomic E-state index is 12.6. The van der Waals surface area contributed by atoms with Crippen LogP contribution in [0.1, 0.15) is 71.1 Å². The molecule has 0 fully saturated rings. The van der Waals surface area contributed by atoms with Gasteiger partial charge >= 0.3 is 8.74 Å². The molecule has 0 aliphatic heterocycles. The van der Waals surface area contributed by atoms with Crippen molar-refractivity contribution in [1.82, 2.24) is 0 Å². The zero-order valence-electron chi connectivity index (χ0n) is 11.0. The van der Waals surface area contributed by atoms with Crippen LogP contribution in [0, 0.1) is 0 Å². The molecule has 3 heteroatoms. The minimum absolute atomic E-state index is 0.198. The standard InChI is InChI=1S/C13H28F2Si/c1-3-4-5-6-7-8-9-10-11-12-13-16(2,14)15/h3-13H2,1-2H3. The highest BCUT2D eigenvalue weighted by atomic mass is 28.4. The molecule has 0 unspecified atom stereocenters. The van der Waals surface area contributed by atoms with Gasteiger partial charge in [0, 0.05) is 0 Å². The third kappa shape index (κ3) is 14.1. The van der Waals surface area contributed by atoms with Crippen molar-refractivity contribution in [1.29, 1.82) is 0 Å². The van der Waals surface area contributed by atoms with Crippen LogP contribution in [0.2, 0.25) is 12.6 Å². The highest BCUT2D eigenvalue weighted by Gasteiger charge is 2.26. The van der Waals surface area contributed by atoms with Gasteiger partial charge < -0.3 is 0 Å². The largest absolute Gasteiger partial charge is 0.422 e. The van der Waals surface area contributed by atoms with Crippen molar-refractivity contribution in [3.8, 4) is 0 Å². The summed E-state index contributed by atoms with van der Waals surface area (Å²) in [5.41, 5.74) is 0. The minimum Gasteiger partial charge on any atom is -0.271 e. The fraction of sp³-hybridized carbons (Fsp3) is 1.00. The molecular formula is C13H28F2Si. The Morgan fingerprint density at radius 2 is 1.06 bits per heavy atom. The van der Waals surface area contributed by atoms with Gasteiger partial charge in [0.15, 0.2) is 0 Å². The summed E-state index contributed by atoms with van der Waals surface area (Å²) in [5.74, 6) is 0. The van der Waals surface area contributed by atoms with Crippen LogP contribution in [0.15, 0.2) is 0 Å². The molecule has 0 spiro atoms. The van der Waals surface area contributed by atoms with Crippen molar-refractivity contribution in [2.45, 2.75) is 83.7 Å².